The largest absolute Gasteiger partial charge is 0.495 e. The molecule has 1 aliphatic rings. The van der Waals surface area contributed by atoms with Gasteiger partial charge in [0.05, 0.1) is 19.0 Å². The fourth-order valence-electron chi connectivity index (χ4n) is 3.15. The molecule has 7 heteroatoms. The monoisotopic (exact) mass is 329 g/mol. The molecular formula is C17H23N5O2. The van der Waals surface area contributed by atoms with Crippen molar-refractivity contribution in [3.63, 3.8) is 0 Å². The molecule has 2 amide bonds. The van der Waals surface area contributed by atoms with Crippen molar-refractivity contribution in [2.75, 3.05) is 25.5 Å². The molecule has 0 unspecified atom stereocenters. The van der Waals surface area contributed by atoms with Crippen LogP contribution in [0.15, 0.2) is 30.6 Å². The maximum Gasteiger partial charge on any atom is 0.321 e. The number of aryl methyl sites for hydroxylation is 1. The van der Waals surface area contributed by atoms with Gasteiger partial charge in [-0.3, -0.25) is 4.68 Å². The first kappa shape index (κ1) is 16.3. The predicted molar refractivity (Wildman–Crippen MR) is 91.1 cm³/mol. The van der Waals surface area contributed by atoms with Crippen LogP contribution in [0.4, 0.5) is 10.5 Å². The number of piperidine rings is 1. The Kier molecular flexibility index (Phi) is 4.98. The van der Waals surface area contributed by atoms with Gasteiger partial charge in [0.2, 0.25) is 0 Å². The van der Waals surface area contributed by atoms with Gasteiger partial charge in [0.15, 0.2) is 0 Å². The molecule has 128 valence electrons. The Labute approximate surface area is 141 Å². The fraction of sp³-hybridized carbons (Fsp3) is 0.471. The van der Waals surface area contributed by atoms with Crippen LogP contribution in [0.5, 0.6) is 5.75 Å². The molecule has 1 aliphatic heterocycles. The Balaban J connectivity index is 1.64. The van der Waals surface area contributed by atoms with Crippen LogP contribution in [0.2, 0.25) is 0 Å². The lowest BCUT2D eigenvalue weighted by molar-refractivity contribution is 0.168. The van der Waals surface area contributed by atoms with Crippen molar-refractivity contribution < 1.29 is 9.53 Å². The molecule has 1 aromatic heterocycles. The zero-order chi connectivity index (χ0) is 16.9. The van der Waals surface area contributed by atoms with Gasteiger partial charge >= 0.3 is 6.03 Å². The van der Waals surface area contributed by atoms with Crippen molar-refractivity contribution >= 4 is 11.7 Å². The highest BCUT2D eigenvalue weighted by Gasteiger charge is 2.25. The van der Waals surface area contributed by atoms with Gasteiger partial charge in [-0.1, -0.05) is 17.3 Å². The number of para-hydroxylation sites is 1. The molecule has 3 rings (SSSR count). The van der Waals surface area contributed by atoms with Crippen LogP contribution in [0.3, 0.4) is 0 Å². The minimum atomic E-state index is -0.0779. The molecule has 0 spiro atoms. The number of carbonyl (C=O) groups excluding carboxylic acids is 1. The zero-order valence-corrected chi connectivity index (χ0v) is 14.1. The first-order valence-electron chi connectivity index (χ1n) is 8.21. The first-order valence-corrected chi connectivity index (χ1v) is 8.21. The van der Waals surface area contributed by atoms with E-state index in [-0.39, 0.29) is 6.03 Å². The van der Waals surface area contributed by atoms with E-state index >= 15 is 0 Å². The number of rotatable bonds is 4. The van der Waals surface area contributed by atoms with Gasteiger partial charge in [-0.25, -0.2) is 4.79 Å². The van der Waals surface area contributed by atoms with E-state index in [0.29, 0.717) is 11.7 Å². The molecule has 1 aromatic carbocycles. The number of likely N-dealkylation sites (tertiary alicyclic amines) is 1. The molecule has 7 nitrogen and oxygen atoms in total. The summed E-state index contributed by atoms with van der Waals surface area (Å²) in [5.41, 5.74) is 1.72. The number of nitrogens with zero attached hydrogens (tertiary/aromatic N) is 4. The van der Waals surface area contributed by atoms with E-state index in [0.717, 1.165) is 43.7 Å². The fourth-order valence-corrected chi connectivity index (χ4v) is 3.15. The lowest BCUT2D eigenvalue weighted by Crippen LogP contribution is -2.43. The van der Waals surface area contributed by atoms with Gasteiger partial charge in [0.25, 0.3) is 0 Å². The molecule has 1 fully saturated rings. The van der Waals surface area contributed by atoms with E-state index in [1.165, 1.54) is 0 Å². The number of methoxy groups -OCH3 is 1. The minimum absolute atomic E-state index is 0.0779. The summed E-state index contributed by atoms with van der Waals surface area (Å²) >= 11 is 0. The van der Waals surface area contributed by atoms with Crippen LogP contribution in [0.1, 0.15) is 18.4 Å². The van der Waals surface area contributed by atoms with Crippen molar-refractivity contribution in [3.8, 4) is 5.75 Å². The van der Waals surface area contributed by atoms with Gasteiger partial charge in [0.1, 0.15) is 5.75 Å². The van der Waals surface area contributed by atoms with E-state index in [1.807, 2.05) is 40.9 Å². The van der Waals surface area contributed by atoms with Gasteiger partial charge in [-0.2, -0.15) is 0 Å². The van der Waals surface area contributed by atoms with Gasteiger partial charge in [-0.05, 0) is 37.3 Å². The van der Waals surface area contributed by atoms with Crippen LogP contribution in [-0.4, -0.2) is 46.1 Å². The van der Waals surface area contributed by atoms with Crippen molar-refractivity contribution in [3.05, 3.63) is 36.2 Å². The SMILES string of the molecule is COc1cccc(C)c1NC(=O)N1CCC[C@H](Cn2ccnn2)C1. The molecule has 1 N–H and O–H groups in total. The highest BCUT2D eigenvalue weighted by molar-refractivity contribution is 5.92. The van der Waals surface area contributed by atoms with Gasteiger partial charge in [0, 0.05) is 25.8 Å². The molecule has 1 saturated heterocycles. The van der Waals surface area contributed by atoms with Crippen molar-refractivity contribution in [1.29, 1.82) is 0 Å². The maximum absolute atomic E-state index is 12.7. The lowest BCUT2D eigenvalue weighted by atomic mass is 9.98. The van der Waals surface area contributed by atoms with Gasteiger partial charge in [-0.15, -0.1) is 5.10 Å². The predicted octanol–water partition coefficient (Wildman–Crippen LogP) is 2.54. The normalized spacial score (nSPS) is 17.6. The quantitative estimate of drug-likeness (QED) is 0.935. The molecule has 0 radical (unpaired) electrons. The summed E-state index contributed by atoms with van der Waals surface area (Å²) in [5.74, 6) is 1.07. The zero-order valence-electron chi connectivity index (χ0n) is 14.1. The molecular weight excluding hydrogens is 306 g/mol. The summed E-state index contributed by atoms with van der Waals surface area (Å²) in [6.07, 6.45) is 5.63. The van der Waals surface area contributed by atoms with E-state index in [9.17, 15) is 4.79 Å². The summed E-state index contributed by atoms with van der Waals surface area (Å²) < 4.78 is 7.18. The Morgan fingerprint density at radius 2 is 2.33 bits per heavy atom. The minimum Gasteiger partial charge on any atom is -0.495 e. The number of amides is 2. The van der Waals surface area contributed by atoms with Gasteiger partial charge < -0.3 is 15.0 Å². The molecule has 2 aromatic rings. The maximum atomic E-state index is 12.7. The number of carbonyl (C=O) groups is 1. The second-order valence-electron chi connectivity index (χ2n) is 6.16. The highest BCUT2D eigenvalue weighted by atomic mass is 16.5. The third kappa shape index (κ3) is 3.67. The Morgan fingerprint density at radius 1 is 1.46 bits per heavy atom. The number of aromatic nitrogens is 3. The standard InChI is InChI=1S/C17H23N5O2/c1-13-5-3-7-15(24-2)16(13)19-17(23)21-9-4-6-14(11-21)12-22-10-8-18-20-22/h3,5,7-8,10,14H,4,6,9,11-12H2,1-2H3,(H,19,23)/t14-/m0/s1. The average Bonchev–Trinajstić information content (AvgIpc) is 3.10. The van der Waals surface area contributed by atoms with E-state index in [2.05, 4.69) is 15.6 Å². The Bertz CT molecular complexity index is 686. The van der Waals surface area contributed by atoms with Crippen molar-refractivity contribution in [2.45, 2.75) is 26.3 Å². The van der Waals surface area contributed by atoms with E-state index in [4.69, 9.17) is 4.74 Å². The Morgan fingerprint density at radius 3 is 3.08 bits per heavy atom. The lowest BCUT2D eigenvalue weighted by Gasteiger charge is -2.33. The first-order chi connectivity index (χ1) is 11.7. The summed E-state index contributed by atoms with van der Waals surface area (Å²) in [6, 6.07) is 5.65. The molecule has 0 aliphatic carbocycles. The van der Waals surface area contributed by atoms with Crippen molar-refractivity contribution in [2.24, 2.45) is 5.92 Å². The average molecular weight is 329 g/mol. The third-order valence-electron chi connectivity index (χ3n) is 4.41. The van der Waals surface area contributed by atoms with E-state index < -0.39 is 0 Å². The summed E-state index contributed by atoms with van der Waals surface area (Å²) in [7, 11) is 1.61. The number of hydrogen-bond donors (Lipinski definition) is 1. The van der Waals surface area contributed by atoms with E-state index in [1.54, 1.807) is 13.3 Å². The van der Waals surface area contributed by atoms with Crippen LogP contribution >= 0.6 is 0 Å². The molecule has 0 bridgehead atoms. The van der Waals surface area contributed by atoms with Crippen LogP contribution in [0.25, 0.3) is 0 Å². The summed E-state index contributed by atoms with van der Waals surface area (Å²) in [5, 5.41) is 10.9. The van der Waals surface area contributed by atoms with Crippen LogP contribution < -0.4 is 10.1 Å². The number of ether oxygens (including phenoxy) is 1. The number of anilines is 1. The highest BCUT2D eigenvalue weighted by Crippen LogP contribution is 2.28. The molecule has 1 atom stereocenters. The number of urea groups is 1. The Hall–Kier alpha value is -2.57. The second-order valence-corrected chi connectivity index (χ2v) is 6.16. The molecule has 0 saturated carbocycles. The summed E-state index contributed by atoms with van der Waals surface area (Å²) in [6.45, 7) is 4.24. The third-order valence-corrected chi connectivity index (χ3v) is 4.41. The smallest absolute Gasteiger partial charge is 0.321 e. The number of benzene rings is 1. The molecule has 24 heavy (non-hydrogen) atoms. The summed E-state index contributed by atoms with van der Waals surface area (Å²) in [4.78, 5) is 14.5. The topological polar surface area (TPSA) is 72.3 Å². The second kappa shape index (κ2) is 7.33. The van der Waals surface area contributed by atoms with Crippen LogP contribution in [0, 0.1) is 12.8 Å². The van der Waals surface area contributed by atoms with Crippen LogP contribution in [-0.2, 0) is 6.54 Å². The molecule has 2 heterocycles. The van der Waals surface area contributed by atoms with Crippen molar-refractivity contribution in [1.82, 2.24) is 19.9 Å². The number of hydrogen-bond acceptors (Lipinski definition) is 4. The number of nitrogens with one attached hydrogen (secondary N) is 1.